The van der Waals surface area contributed by atoms with Crippen molar-refractivity contribution in [2.45, 2.75) is 37.8 Å². The first-order chi connectivity index (χ1) is 12.1. The smallest absolute Gasteiger partial charge is 0.407 e. The van der Waals surface area contributed by atoms with Crippen LogP contribution in [0.4, 0.5) is 4.79 Å². The fourth-order valence-corrected chi connectivity index (χ4v) is 4.25. The van der Waals surface area contributed by atoms with E-state index in [0.717, 1.165) is 23.3 Å². The van der Waals surface area contributed by atoms with E-state index in [1.165, 1.54) is 7.11 Å². The number of carbonyl (C=O) groups excluding carboxylic acids is 1. The van der Waals surface area contributed by atoms with Gasteiger partial charge in [-0.2, -0.15) is 0 Å². The Balaban J connectivity index is 2.19. The molecule has 0 radical (unpaired) electrons. The van der Waals surface area contributed by atoms with Gasteiger partial charge in [-0.05, 0) is 49.3 Å². The van der Waals surface area contributed by atoms with Crippen LogP contribution in [0.25, 0.3) is 10.4 Å². The molecule has 1 aromatic rings. The van der Waals surface area contributed by atoms with Crippen molar-refractivity contribution in [3.63, 3.8) is 0 Å². The van der Waals surface area contributed by atoms with Crippen LogP contribution in [-0.2, 0) is 16.7 Å². The number of hydrogen-bond acceptors (Lipinski definition) is 5. The highest BCUT2D eigenvalue weighted by molar-refractivity contribution is 5.70. The van der Waals surface area contributed by atoms with Gasteiger partial charge in [-0.15, -0.1) is 0 Å². The first kappa shape index (κ1) is 17.1. The molecule has 0 saturated heterocycles. The zero-order chi connectivity index (χ0) is 18.0. The lowest BCUT2D eigenvalue weighted by Gasteiger charge is -2.50. The van der Waals surface area contributed by atoms with Gasteiger partial charge < -0.3 is 14.8 Å². The number of nitrogens with one attached hydrogen (secondary N) is 1. The Labute approximate surface area is 145 Å². The largest absolute Gasteiger partial charge is 0.481 e. The lowest BCUT2D eigenvalue weighted by atomic mass is 9.60. The number of azide groups is 1. The number of pyridine rings is 1. The number of rotatable bonds is 3. The number of carbonyl (C=O) groups is 1. The maximum atomic E-state index is 12.1. The van der Waals surface area contributed by atoms with Crippen molar-refractivity contribution in [1.29, 1.82) is 0 Å². The maximum Gasteiger partial charge on any atom is 0.407 e. The normalized spacial score (nSPS) is 28.5. The third kappa shape index (κ3) is 2.78. The van der Waals surface area contributed by atoms with Crippen LogP contribution in [0.5, 0.6) is 5.88 Å². The predicted molar refractivity (Wildman–Crippen MR) is 91.1 cm³/mol. The Morgan fingerprint density at radius 2 is 2.32 bits per heavy atom. The standard InChI is InChI=1S/C17H21N5O3/c1-4-12-10-7-11(21-22-18)9-17(12,20-16(23)25-3)13-5-6-15(24-2)19-14(13)8-10/h4-6,10-11H,7-9H2,1-3H3,(H,20,23)/t10-,11+,17+/m1/s1. The van der Waals surface area contributed by atoms with E-state index in [1.54, 1.807) is 13.2 Å². The number of nitrogens with zero attached hydrogens (tertiary/aromatic N) is 4. The first-order valence-electron chi connectivity index (χ1n) is 8.19. The highest BCUT2D eigenvalue weighted by Gasteiger charge is 2.51. The maximum absolute atomic E-state index is 12.1. The van der Waals surface area contributed by atoms with Crippen LogP contribution in [0.1, 0.15) is 31.0 Å². The predicted octanol–water partition coefficient (Wildman–Crippen LogP) is 3.23. The van der Waals surface area contributed by atoms with Crippen LogP contribution in [0.2, 0.25) is 0 Å². The Kier molecular flexibility index (Phi) is 4.55. The lowest BCUT2D eigenvalue weighted by molar-refractivity contribution is 0.144. The van der Waals surface area contributed by atoms with Gasteiger partial charge in [0.25, 0.3) is 0 Å². The van der Waals surface area contributed by atoms with E-state index >= 15 is 0 Å². The molecule has 1 N–H and O–H groups in total. The Hall–Kier alpha value is -2.73. The monoisotopic (exact) mass is 343 g/mol. The minimum Gasteiger partial charge on any atom is -0.481 e. The van der Waals surface area contributed by atoms with Gasteiger partial charge in [-0.3, -0.25) is 0 Å². The van der Waals surface area contributed by atoms with Crippen molar-refractivity contribution >= 4 is 6.09 Å². The van der Waals surface area contributed by atoms with E-state index in [9.17, 15) is 4.79 Å². The van der Waals surface area contributed by atoms with Crippen molar-refractivity contribution in [2.24, 2.45) is 11.0 Å². The van der Waals surface area contributed by atoms with E-state index in [-0.39, 0.29) is 12.0 Å². The van der Waals surface area contributed by atoms with Crippen molar-refractivity contribution in [3.05, 3.63) is 45.5 Å². The summed E-state index contributed by atoms with van der Waals surface area (Å²) >= 11 is 0. The third-order valence-electron chi connectivity index (χ3n) is 5.12. The minimum atomic E-state index is -0.781. The van der Waals surface area contributed by atoms with E-state index in [2.05, 4.69) is 20.3 Å². The summed E-state index contributed by atoms with van der Waals surface area (Å²) in [5.74, 6) is 0.680. The quantitative estimate of drug-likeness (QED) is 0.393. The molecule has 8 heteroatoms. The van der Waals surface area contributed by atoms with E-state index in [4.69, 9.17) is 15.0 Å². The van der Waals surface area contributed by atoms with Crippen LogP contribution in [0.15, 0.2) is 28.9 Å². The average Bonchev–Trinajstić information content (AvgIpc) is 2.60. The topological polar surface area (TPSA) is 109 Å². The van der Waals surface area contributed by atoms with Crippen LogP contribution >= 0.6 is 0 Å². The zero-order valence-electron chi connectivity index (χ0n) is 14.5. The molecule has 1 amide bonds. The number of ether oxygens (including phenoxy) is 2. The van der Waals surface area contributed by atoms with Crippen molar-refractivity contribution in [1.82, 2.24) is 10.3 Å². The second kappa shape index (κ2) is 6.64. The van der Waals surface area contributed by atoms with Gasteiger partial charge in [0.1, 0.15) is 0 Å². The summed E-state index contributed by atoms with van der Waals surface area (Å²) in [5.41, 5.74) is 11.0. The van der Waals surface area contributed by atoms with Gasteiger partial charge >= 0.3 is 6.09 Å². The van der Waals surface area contributed by atoms with Crippen molar-refractivity contribution < 1.29 is 14.3 Å². The Bertz CT molecular complexity index is 772. The fourth-order valence-electron chi connectivity index (χ4n) is 4.25. The molecule has 0 spiro atoms. The fraction of sp³-hybridized carbons (Fsp3) is 0.529. The number of allylic oxidation sites excluding steroid dienone is 1. The number of aromatic nitrogens is 1. The summed E-state index contributed by atoms with van der Waals surface area (Å²) in [4.78, 5) is 19.7. The minimum absolute atomic E-state index is 0.138. The van der Waals surface area contributed by atoms with Gasteiger partial charge in [0.05, 0.1) is 25.5 Å². The van der Waals surface area contributed by atoms with Gasteiger partial charge in [-0.25, -0.2) is 9.78 Å². The Morgan fingerprint density at radius 3 is 2.96 bits per heavy atom. The molecular formula is C17H21N5O3. The SMILES string of the molecule is CC=C1[C@H]2Cc3nc(OC)ccc3[C@]1(NC(=O)OC)C[C@@H](N=[N+]=[N-])C2. The third-order valence-corrected chi connectivity index (χ3v) is 5.12. The van der Waals surface area contributed by atoms with Gasteiger partial charge in [-0.1, -0.05) is 11.2 Å². The van der Waals surface area contributed by atoms with E-state index in [0.29, 0.717) is 18.7 Å². The molecule has 2 aliphatic rings. The van der Waals surface area contributed by atoms with Gasteiger partial charge in [0, 0.05) is 22.6 Å². The molecule has 0 unspecified atom stereocenters. The number of amides is 1. The van der Waals surface area contributed by atoms with Crippen LogP contribution in [0.3, 0.4) is 0 Å². The van der Waals surface area contributed by atoms with E-state index < -0.39 is 11.6 Å². The molecule has 25 heavy (non-hydrogen) atoms. The lowest BCUT2D eigenvalue weighted by Crippen LogP contribution is -2.56. The molecule has 2 bridgehead atoms. The first-order valence-corrected chi connectivity index (χ1v) is 8.19. The summed E-state index contributed by atoms with van der Waals surface area (Å²) in [7, 11) is 2.92. The number of alkyl carbamates (subject to hydrolysis) is 1. The van der Waals surface area contributed by atoms with E-state index in [1.807, 2.05) is 19.1 Å². The number of methoxy groups -OCH3 is 2. The van der Waals surface area contributed by atoms with Crippen LogP contribution in [0, 0.1) is 5.92 Å². The Morgan fingerprint density at radius 1 is 1.52 bits per heavy atom. The van der Waals surface area contributed by atoms with Crippen LogP contribution < -0.4 is 10.1 Å². The molecule has 8 nitrogen and oxygen atoms in total. The van der Waals surface area contributed by atoms with Crippen LogP contribution in [-0.4, -0.2) is 31.3 Å². The molecule has 1 fully saturated rings. The van der Waals surface area contributed by atoms with Gasteiger partial charge in [0.15, 0.2) is 0 Å². The molecule has 0 aromatic carbocycles. The highest BCUT2D eigenvalue weighted by atomic mass is 16.5. The summed E-state index contributed by atoms with van der Waals surface area (Å²) in [6.45, 7) is 1.96. The summed E-state index contributed by atoms with van der Waals surface area (Å²) in [5, 5.41) is 6.94. The molecule has 1 heterocycles. The second-order valence-corrected chi connectivity index (χ2v) is 6.31. The molecule has 2 aliphatic carbocycles. The van der Waals surface area contributed by atoms with Gasteiger partial charge in [0.2, 0.25) is 5.88 Å². The molecule has 1 saturated carbocycles. The molecular weight excluding hydrogens is 322 g/mol. The van der Waals surface area contributed by atoms with Crippen molar-refractivity contribution in [3.8, 4) is 5.88 Å². The van der Waals surface area contributed by atoms with Crippen molar-refractivity contribution in [2.75, 3.05) is 14.2 Å². The molecule has 132 valence electrons. The number of fused-ring (bicyclic) bond motifs is 4. The second-order valence-electron chi connectivity index (χ2n) is 6.31. The molecule has 3 atom stereocenters. The summed E-state index contributed by atoms with van der Waals surface area (Å²) < 4.78 is 10.1. The molecule has 0 aliphatic heterocycles. The average molecular weight is 343 g/mol. The molecule has 1 aromatic heterocycles. The highest BCUT2D eigenvalue weighted by Crippen LogP contribution is 2.51. The summed E-state index contributed by atoms with van der Waals surface area (Å²) in [6.07, 6.45) is 3.44. The number of hydrogen-bond donors (Lipinski definition) is 1. The molecule has 3 rings (SSSR count). The zero-order valence-corrected chi connectivity index (χ0v) is 14.5. The summed E-state index contributed by atoms with van der Waals surface area (Å²) in [6, 6.07) is 3.51.